The van der Waals surface area contributed by atoms with Crippen molar-refractivity contribution in [3.05, 3.63) is 52.5 Å². The molecule has 2 aromatic carbocycles. The van der Waals surface area contributed by atoms with E-state index < -0.39 is 0 Å². The molecule has 2 aromatic rings. The Morgan fingerprint density at radius 3 is 2.20 bits per heavy atom. The summed E-state index contributed by atoms with van der Waals surface area (Å²) in [4.78, 5) is 12.3. The first-order valence-electron chi connectivity index (χ1n) is 7.82. The lowest BCUT2D eigenvalue weighted by Gasteiger charge is -2.19. The summed E-state index contributed by atoms with van der Waals surface area (Å²) in [6.07, 6.45) is 0.217. The number of carbonyl (C=O) groups is 1. The second-order valence-corrected chi connectivity index (χ2v) is 5.92. The van der Waals surface area contributed by atoms with E-state index in [-0.39, 0.29) is 18.4 Å². The maximum Gasteiger partial charge on any atom is 0.224 e. The SMILES string of the molecule is COc1cc(C(C)NC(=O)Cc2ccccc2Cl)cc(OC)c1OC. The first kappa shape index (κ1) is 18.9. The fraction of sp³-hybridized carbons (Fsp3) is 0.316. The van der Waals surface area contributed by atoms with Crippen LogP contribution in [0.4, 0.5) is 0 Å². The molecule has 0 fully saturated rings. The molecule has 2 rings (SSSR count). The summed E-state index contributed by atoms with van der Waals surface area (Å²) >= 11 is 6.11. The lowest BCUT2D eigenvalue weighted by atomic mass is 10.1. The third kappa shape index (κ3) is 4.57. The van der Waals surface area contributed by atoms with E-state index in [1.54, 1.807) is 27.4 Å². The normalized spacial score (nSPS) is 11.6. The van der Waals surface area contributed by atoms with Crippen molar-refractivity contribution >= 4 is 17.5 Å². The zero-order valence-corrected chi connectivity index (χ0v) is 15.5. The van der Waals surface area contributed by atoms with Crippen LogP contribution in [-0.2, 0) is 11.2 Å². The van der Waals surface area contributed by atoms with Crippen molar-refractivity contribution in [2.24, 2.45) is 0 Å². The van der Waals surface area contributed by atoms with Crippen LogP contribution in [0.1, 0.15) is 24.1 Å². The molecule has 0 bridgehead atoms. The van der Waals surface area contributed by atoms with Crippen LogP contribution < -0.4 is 19.5 Å². The Balaban J connectivity index is 2.16. The van der Waals surface area contributed by atoms with Crippen molar-refractivity contribution in [3.63, 3.8) is 0 Å². The van der Waals surface area contributed by atoms with E-state index in [1.165, 1.54) is 0 Å². The van der Waals surface area contributed by atoms with Crippen molar-refractivity contribution in [2.75, 3.05) is 21.3 Å². The van der Waals surface area contributed by atoms with Gasteiger partial charge in [0.25, 0.3) is 0 Å². The second-order valence-electron chi connectivity index (χ2n) is 5.52. The molecule has 0 aliphatic heterocycles. The van der Waals surface area contributed by atoms with E-state index in [0.717, 1.165) is 11.1 Å². The Kier molecular flexibility index (Phi) is 6.53. The third-order valence-corrected chi connectivity index (χ3v) is 4.24. The van der Waals surface area contributed by atoms with Crippen molar-refractivity contribution in [1.29, 1.82) is 0 Å². The Hall–Kier alpha value is -2.40. The topological polar surface area (TPSA) is 56.8 Å². The van der Waals surface area contributed by atoms with Crippen molar-refractivity contribution < 1.29 is 19.0 Å². The van der Waals surface area contributed by atoms with Gasteiger partial charge in [0.05, 0.1) is 33.8 Å². The van der Waals surface area contributed by atoms with Crippen LogP contribution >= 0.6 is 11.6 Å². The smallest absolute Gasteiger partial charge is 0.224 e. The molecule has 25 heavy (non-hydrogen) atoms. The number of hydrogen-bond donors (Lipinski definition) is 1. The standard InChI is InChI=1S/C19H22ClNO4/c1-12(21-18(22)11-13-7-5-6-8-15(13)20)14-9-16(23-2)19(25-4)17(10-14)24-3/h5-10,12H,11H2,1-4H3,(H,21,22). The molecule has 0 heterocycles. The van der Waals surface area contributed by atoms with E-state index in [1.807, 2.05) is 37.3 Å². The summed E-state index contributed by atoms with van der Waals surface area (Å²) < 4.78 is 16.0. The number of ether oxygens (including phenoxy) is 3. The molecule has 6 heteroatoms. The quantitative estimate of drug-likeness (QED) is 0.813. The van der Waals surface area contributed by atoms with Crippen LogP contribution in [0.5, 0.6) is 17.2 Å². The number of benzene rings is 2. The highest BCUT2D eigenvalue weighted by atomic mass is 35.5. The van der Waals surface area contributed by atoms with Gasteiger partial charge in [0.1, 0.15) is 0 Å². The lowest BCUT2D eigenvalue weighted by molar-refractivity contribution is -0.121. The van der Waals surface area contributed by atoms with Gasteiger partial charge in [0.15, 0.2) is 11.5 Å². The average molecular weight is 364 g/mol. The molecule has 5 nitrogen and oxygen atoms in total. The Morgan fingerprint density at radius 1 is 1.08 bits per heavy atom. The summed E-state index contributed by atoms with van der Waals surface area (Å²) in [5, 5.41) is 3.54. The van der Waals surface area contributed by atoms with Gasteiger partial charge in [-0.2, -0.15) is 0 Å². The number of halogens is 1. The van der Waals surface area contributed by atoms with E-state index in [0.29, 0.717) is 22.3 Å². The number of nitrogens with one attached hydrogen (secondary N) is 1. The van der Waals surface area contributed by atoms with Crippen LogP contribution in [0.3, 0.4) is 0 Å². The van der Waals surface area contributed by atoms with Crippen molar-refractivity contribution in [2.45, 2.75) is 19.4 Å². The zero-order chi connectivity index (χ0) is 18.4. The second kappa shape index (κ2) is 8.62. The molecule has 0 saturated carbocycles. The van der Waals surface area contributed by atoms with Crippen LogP contribution in [-0.4, -0.2) is 27.2 Å². The van der Waals surface area contributed by atoms with Gasteiger partial charge in [-0.15, -0.1) is 0 Å². The van der Waals surface area contributed by atoms with Gasteiger partial charge in [0.2, 0.25) is 11.7 Å². The van der Waals surface area contributed by atoms with Gasteiger partial charge in [0, 0.05) is 5.02 Å². The first-order valence-corrected chi connectivity index (χ1v) is 8.20. The summed E-state index contributed by atoms with van der Waals surface area (Å²) in [6, 6.07) is 10.7. The summed E-state index contributed by atoms with van der Waals surface area (Å²) in [5.74, 6) is 1.49. The van der Waals surface area contributed by atoms with Gasteiger partial charge in [-0.3, -0.25) is 4.79 Å². The van der Waals surface area contributed by atoms with Crippen LogP contribution in [0.15, 0.2) is 36.4 Å². The number of carbonyl (C=O) groups excluding carboxylic acids is 1. The number of rotatable bonds is 7. The number of amides is 1. The van der Waals surface area contributed by atoms with Crippen LogP contribution in [0.25, 0.3) is 0 Å². The molecule has 0 radical (unpaired) electrons. The van der Waals surface area contributed by atoms with Gasteiger partial charge in [-0.05, 0) is 36.2 Å². The molecular formula is C19H22ClNO4. The van der Waals surface area contributed by atoms with Gasteiger partial charge < -0.3 is 19.5 Å². The van der Waals surface area contributed by atoms with E-state index >= 15 is 0 Å². The van der Waals surface area contributed by atoms with E-state index in [9.17, 15) is 4.79 Å². The highest BCUT2D eigenvalue weighted by molar-refractivity contribution is 6.31. The molecule has 134 valence electrons. The summed E-state index contributed by atoms with van der Waals surface area (Å²) in [6.45, 7) is 1.89. The molecule has 1 atom stereocenters. The lowest BCUT2D eigenvalue weighted by Crippen LogP contribution is -2.28. The Labute approximate surface area is 152 Å². The average Bonchev–Trinajstić information content (AvgIpc) is 2.62. The monoisotopic (exact) mass is 363 g/mol. The molecule has 1 amide bonds. The van der Waals surface area contributed by atoms with Crippen molar-refractivity contribution in [1.82, 2.24) is 5.32 Å². The highest BCUT2D eigenvalue weighted by Gasteiger charge is 2.18. The van der Waals surface area contributed by atoms with Gasteiger partial charge in [-0.25, -0.2) is 0 Å². The predicted octanol–water partition coefficient (Wildman–Crippen LogP) is 3.79. The van der Waals surface area contributed by atoms with E-state index in [4.69, 9.17) is 25.8 Å². The van der Waals surface area contributed by atoms with Crippen molar-refractivity contribution in [3.8, 4) is 17.2 Å². The number of methoxy groups -OCH3 is 3. The highest BCUT2D eigenvalue weighted by Crippen LogP contribution is 2.39. The molecule has 0 saturated heterocycles. The molecule has 0 aromatic heterocycles. The summed E-state index contributed by atoms with van der Waals surface area (Å²) in [5.41, 5.74) is 1.64. The number of hydrogen-bond acceptors (Lipinski definition) is 4. The first-order chi connectivity index (χ1) is 12.0. The third-order valence-electron chi connectivity index (χ3n) is 3.87. The molecule has 0 aliphatic rings. The minimum atomic E-state index is -0.233. The summed E-state index contributed by atoms with van der Waals surface area (Å²) in [7, 11) is 4.66. The largest absolute Gasteiger partial charge is 0.493 e. The Morgan fingerprint density at radius 2 is 1.68 bits per heavy atom. The van der Waals surface area contributed by atoms with Crippen LogP contribution in [0, 0.1) is 0 Å². The van der Waals surface area contributed by atoms with E-state index in [2.05, 4.69) is 5.32 Å². The van der Waals surface area contributed by atoms with Gasteiger partial charge in [-0.1, -0.05) is 29.8 Å². The molecule has 0 aliphatic carbocycles. The molecular weight excluding hydrogens is 342 g/mol. The van der Waals surface area contributed by atoms with Gasteiger partial charge >= 0.3 is 0 Å². The zero-order valence-electron chi connectivity index (χ0n) is 14.8. The maximum absolute atomic E-state index is 12.3. The molecule has 1 N–H and O–H groups in total. The van der Waals surface area contributed by atoms with Crippen LogP contribution in [0.2, 0.25) is 5.02 Å². The molecule has 1 unspecified atom stereocenters. The predicted molar refractivity (Wildman–Crippen MR) is 97.8 cm³/mol. The fourth-order valence-electron chi connectivity index (χ4n) is 2.54. The fourth-order valence-corrected chi connectivity index (χ4v) is 2.74. The molecule has 0 spiro atoms. The minimum absolute atomic E-state index is 0.116. The Bertz CT molecular complexity index is 723. The minimum Gasteiger partial charge on any atom is -0.493 e. The maximum atomic E-state index is 12.3.